The third-order valence-corrected chi connectivity index (χ3v) is 3900. The Morgan fingerprint density at radius 1 is 0.375 bits per heavy atom. The average molecular weight is 7230 g/mol. The SMILES string of the molecule is I[I-]I(I)I(I)I(I)I(I)I(I)I(I)I(I)I(I)I(I)I(I)I(I)I(I)I(I)I(I)I(I)I(I)I(I)I(I)I(I)I(I)I(I)I(I)I(I)I(I)I.O=C(CCC(CCO)c1ccccc1)C1=NS(=O)(=O)c2ccccc2N1.O=C(O)CC(CCC(=O)C1=NS(=O)(=O)c2ccccc2N1)c1ccccc1. The summed E-state index contributed by atoms with van der Waals surface area (Å²) in [6.45, 7) is 0.0225. The summed E-state index contributed by atoms with van der Waals surface area (Å²) in [4.78, 5) is 36.3. The summed E-state index contributed by atoms with van der Waals surface area (Å²) in [6.07, 6.45) is 1.33. The van der Waals surface area contributed by atoms with Crippen LogP contribution in [-0.4, -0.2) is 62.9 Å². The summed E-state index contributed by atoms with van der Waals surface area (Å²) in [5, 5.41) is 24.0. The smallest absolute Gasteiger partial charge is 0.303 e. The monoisotopic (exact) mass is 7230 g/mol. The van der Waals surface area contributed by atoms with E-state index in [1.54, 1.807) is 36.4 Å². The van der Waals surface area contributed by atoms with Gasteiger partial charge in [-0.1, -0.05) is 84.9 Å². The number of halogens is 51. The second-order valence-electron chi connectivity index (χ2n) is 16.3. The number of aliphatic hydroxyl groups excluding tert-OH is 1. The Morgan fingerprint density at radius 2 is 0.635 bits per heavy atom. The number of Topliss-reactive ketones (excluding diaryl/α,β-unsaturated/α-hetero) is 2. The summed E-state index contributed by atoms with van der Waals surface area (Å²) < 4.78 is 56.2. The average Bonchev–Trinajstić information content (AvgIpc) is 0.783. The zero-order valence-electron chi connectivity index (χ0n) is 47.7. The Kier molecular flexibility index (Phi) is 86.9. The predicted octanol–water partition coefficient (Wildman–Crippen LogP) is 46.8. The van der Waals surface area contributed by atoms with Gasteiger partial charge >= 0.3 is 693 Å². The van der Waals surface area contributed by atoms with E-state index in [9.17, 15) is 36.3 Å². The number of para-hydroxylation sites is 2. The molecule has 104 heavy (non-hydrogen) atoms. The number of hydrogen-bond acceptors (Lipinski definition) is 10. The number of sulfonamides is 2. The van der Waals surface area contributed by atoms with Crippen molar-refractivity contribution in [2.75, 3.05) is 17.2 Å². The molecule has 6 rings (SSSR count). The van der Waals surface area contributed by atoms with Crippen molar-refractivity contribution in [3.8, 4) is 0 Å². The van der Waals surface area contributed by atoms with E-state index in [4.69, 9.17) is 5.11 Å². The van der Waals surface area contributed by atoms with Gasteiger partial charge in [0, 0.05) is 19.4 Å². The number of hydrogen-bond donors (Lipinski definition) is 4. The number of anilines is 2. The summed E-state index contributed by atoms with van der Waals surface area (Å²) in [7, 11) is -20.5. The predicted molar refractivity (Wildman–Crippen MR) is 901 cm³/mol. The Hall–Kier alpha value is 31.7. The zero-order valence-corrected chi connectivity index (χ0v) is 159. The molecule has 13 nitrogen and oxygen atoms in total. The number of carboxylic acid groups (broad SMARTS) is 1. The van der Waals surface area contributed by atoms with Crippen LogP contribution in [0.3, 0.4) is 0 Å². The van der Waals surface area contributed by atoms with Crippen molar-refractivity contribution in [3.05, 3.63) is 120 Å². The number of carbonyl (C=O) groups is 3. The minimum absolute atomic E-state index is 0.0175. The molecule has 4 aromatic carbocycles. The van der Waals surface area contributed by atoms with Crippen molar-refractivity contribution < 1.29 is 54.7 Å². The van der Waals surface area contributed by atoms with Crippen LogP contribution in [0.1, 0.15) is 61.5 Å². The van der Waals surface area contributed by atoms with E-state index in [-0.39, 0.29) is 71.4 Å². The van der Waals surface area contributed by atoms with Crippen molar-refractivity contribution in [1.82, 2.24) is 0 Å². The maximum absolute atomic E-state index is 12.5. The van der Waals surface area contributed by atoms with Gasteiger partial charge in [-0.05, 0) is 66.5 Å². The number of carbonyl (C=O) groups excluding carboxylic acids is 2. The van der Waals surface area contributed by atoms with Crippen LogP contribution in [0.2, 0.25) is 0 Å². The van der Waals surface area contributed by atoms with Gasteiger partial charge in [0.15, 0.2) is 23.2 Å². The Morgan fingerprint density at radius 3 is 0.913 bits per heavy atom. The molecular weight excluding hydrogens is 7190 g/mol. The largest absolute Gasteiger partial charge is 0.481 e. The molecule has 2 unspecified atom stereocenters. The van der Waals surface area contributed by atoms with Crippen LogP contribution in [-0.2, 0) is 34.4 Å². The molecule has 0 saturated carbocycles. The maximum Gasteiger partial charge on any atom is 0.303 e. The first-order valence-corrected chi connectivity index (χ1v) is 341. The molecule has 0 radical (unpaired) electrons. The van der Waals surface area contributed by atoms with Crippen molar-refractivity contribution in [2.24, 2.45) is 8.80 Å². The molecule has 0 bridgehead atoms. The number of carboxylic acids is 1. The van der Waals surface area contributed by atoms with Crippen LogP contribution in [0.4, 0.5) is 11.4 Å². The van der Waals surface area contributed by atoms with Crippen molar-refractivity contribution in [1.29, 1.82) is 0 Å². The molecule has 634 valence electrons. The number of aliphatic hydroxyl groups is 1. The molecule has 0 amide bonds. The van der Waals surface area contributed by atoms with Crippen LogP contribution < -0.4 is 23.9 Å². The fourth-order valence-electron chi connectivity index (χ4n) is 6.69. The summed E-state index contributed by atoms with van der Waals surface area (Å²) in [5.41, 5.74) is 2.54. The fourth-order valence-corrected chi connectivity index (χ4v) is 9440. The van der Waals surface area contributed by atoms with Crippen molar-refractivity contribution in [2.45, 2.75) is 60.2 Å². The summed E-state index contributed by atoms with van der Waals surface area (Å²) in [5.74, 6) is -2.50. The van der Waals surface area contributed by atoms with Crippen molar-refractivity contribution in [3.63, 3.8) is 0 Å². The van der Waals surface area contributed by atoms with E-state index < -0.39 is 221 Å². The zero-order chi connectivity index (χ0) is 78.6. The number of fused-ring (bicyclic) bond motifs is 2. The van der Waals surface area contributed by atoms with Gasteiger partial charge in [0.2, 0.25) is 0 Å². The number of amidine groups is 2. The summed E-state index contributed by atoms with van der Waals surface area (Å²) in [6, 6.07) is 31.3. The maximum atomic E-state index is 12.5. The topological polar surface area (TPSA) is 209 Å². The Labute approximate surface area is 951 Å². The van der Waals surface area contributed by atoms with E-state index in [1.165, 1.54) is 12.1 Å². The van der Waals surface area contributed by atoms with Gasteiger partial charge in [-0.3, -0.25) is 14.4 Å². The van der Waals surface area contributed by atoms with E-state index >= 15 is 0 Å². The minimum atomic E-state index is -3.94. The Balaban J connectivity index is 0.000000359. The van der Waals surface area contributed by atoms with Crippen LogP contribution in [0.15, 0.2) is 128 Å². The summed E-state index contributed by atoms with van der Waals surface area (Å²) >= 11 is 85.8. The molecule has 0 fully saturated rings. The number of nitrogens with one attached hydrogen (secondary N) is 2. The molecule has 0 aromatic heterocycles. The van der Waals surface area contributed by atoms with Crippen LogP contribution in [0, 0.1) is 0 Å². The van der Waals surface area contributed by atoms with Crippen LogP contribution in [0.25, 0.3) is 0 Å². The Bertz CT molecular complexity index is 3670. The normalized spacial score (nSPS) is 17.3. The van der Waals surface area contributed by atoms with Gasteiger partial charge in [0.05, 0.1) is 17.8 Å². The first-order chi connectivity index (χ1) is 48.6. The van der Waals surface area contributed by atoms with Gasteiger partial charge in [-0.2, -0.15) is 16.8 Å². The standard InChI is InChI=1S/C19H18N2O5S.C19H20N2O4S.I51/c22-16(11-10-14(12-18(23)24)13-6-2-1-3-7-13)19-20-15-8-4-5-9-17(15)27(25,26)21-19;22-13-12-15(14-6-2-1-3-7-14)10-11-17(23)19-20-16-8-4-5-9-18(16)26(24,25)21-19;1-27-29(4)31(6)33(8)35(10)37(12)39(14)41(16)43(18)45(20)47(22)49(24)51(26)50(25)48(23)46(21)44(19)42(17)40(15)38(13)36(11)34(9)32(7)30(5)28(2)3/h1-9,14H,10-12H2,(H,20,21)(H,23,24);1-9,15,22H,10-13H2,(H,20,21);/q;;-1. The van der Waals surface area contributed by atoms with Gasteiger partial charge in [0.1, 0.15) is 9.79 Å². The fraction of sp³-hybridized carbons (Fsp3) is 0.237. The number of rotatable bonds is 38. The van der Waals surface area contributed by atoms with Gasteiger partial charge in [0.25, 0.3) is 20.0 Å². The minimum Gasteiger partial charge on any atom is -0.481 e. The van der Waals surface area contributed by atoms with Gasteiger partial charge < -0.3 is 20.8 Å². The molecule has 2 aliphatic heterocycles. The molecule has 2 aliphatic rings. The molecular formula is C38H38I51N4O9S2-. The quantitative estimate of drug-likeness (QED) is 0.0310. The van der Waals surface area contributed by atoms with Crippen LogP contribution >= 0.6 is 673 Å². The number of nitrogens with zero attached hydrogens (tertiary/aromatic N) is 2. The number of benzene rings is 4. The number of aliphatic carboxylic acids is 1. The third-order valence-electron chi connectivity index (χ3n) is 10.6. The molecule has 2 atom stereocenters. The molecule has 66 heteroatoms. The third kappa shape index (κ3) is 45.8. The molecule has 0 spiro atoms. The van der Waals surface area contributed by atoms with E-state index in [1.807, 2.05) is 60.7 Å². The first-order valence-electron chi connectivity index (χ1n) is 23.9. The van der Waals surface area contributed by atoms with E-state index in [0.29, 0.717) is 37.5 Å². The molecule has 0 aliphatic carbocycles. The first kappa shape index (κ1) is 128. The second-order valence-corrected chi connectivity index (χ2v) is 1210. The van der Waals surface area contributed by atoms with Gasteiger partial charge in [-0.25, -0.2) is 0 Å². The number of ketones is 2. The molecule has 4 N–H and O–H groups in total. The van der Waals surface area contributed by atoms with E-state index in [0.717, 1.165) is 11.1 Å². The van der Waals surface area contributed by atoms with E-state index in [2.05, 4.69) is 503 Å². The molecule has 2 heterocycles. The van der Waals surface area contributed by atoms with Crippen molar-refractivity contribution >= 4 is 734 Å². The molecule has 0 saturated heterocycles. The van der Waals surface area contributed by atoms with Crippen LogP contribution in [0.5, 0.6) is 0 Å². The second kappa shape index (κ2) is 70.6. The van der Waals surface area contributed by atoms with Gasteiger partial charge in [-0.15, -0.1) is 8.80 Å². The molecule has 4 aromatic rings.